The monoisotopic (exact) mass is 464 g/mol. The summed E-state index contributed by atoms with van der Waals surface area (Å²) < 4.78 is 23.7. The van der Waals surface area contributed by atoms with Crippen molar-refractivity contribution in [2.45, 2.75) is 19.4 Å². The quantitative estimate of drug-likeness (QED) is 0.467. The van der Waals surface area contributed by atoms with E-state index in [0.717, 1.165) is 23.3 Å². The van der Waals surface area contributed by atoms with Gasteiger partial charge in [0.25, 0.3) is 5.91 Å². The number of benzene rings is 3. The molecule has 0 aromatic heterocycles. The zero-order valence-corrected chi connectivity index (χ0v) is 19.4. The predicted octanol–water partition coefficient (Wildman–Crippen LogP) is 3.92. The first kappa shape index (κ1) is 24.9. The van der Waals surface area contributed by atoms with Gasteiger partial charge in [-0.05, 0) is 59.5 Å². The van der Waals surface area contributed by atoms with Gasteiger partial charge in [-0.1, -0.05) is 36.4 Å². The Kier molecular flexibility index (Phi) is 9.17. The van der Waals surface area contributed by atoms with Gasteiger partial charge in [0.2, 0.25) is 5.91 Å². The number of methoxy groups -OCH3 is 2. The molecular weight excluding hydrogens is 435 g/mol. The normalized spacial score (nSPS) is 10.6. The zero-order chi connectivity index (χ0) is 24.3. The van der Waals surface area contributed by atoms with Crippen LogP contribution in [0.5, 0.6) is 5.75 Å². The Balaban J connectivity index is 1.57. The van der Waals surface area contributed by atoms with Crippen molar-refractivity contribution in [1.82, 2.24) is 5.32 Å². The van der Waals surface area contributed by atoms with Gasteiger partial charge >= 0.3 is 0 Å². The number of amides is 2. The molecule has 0 bridgehead atoms. The van der Waals surface area contributed by atoms with E-state index >= 15 is 0 Å². The first-order valence-corrected chi connectivity index (χ1v) is 11.0. The van der Waals surface area contributed by atoms with Crippen LogP contribution in [-0.4, -0.2) is 39.2 Å². The van der Waals surface area contributed by atoms with Crippen molar-refractivity contribution < 1.29 is 23.5 Å². The van der Waals surface area contributed by atoms with Crippen molar-refractivity contribution in [1.29, 1.82) is 0 Å². The van der Waals surface area contributed by atoms with Gasteiger partial charge in [0, 0.05) is 19.3 Å². The maximum Gasteiger partial charge on any atom is 0.253 e. The molecule has 0 atom stereocenters. The van der Waals surface area contributed by atoms with Crippen LogP contribution in [0.25, 0.3) is 0 Å². The molecule has 2 amide bonds. The molecule has 7 heteroatoms. The lowest BCUT2D eigenvalue weighted by molar-refractivity contribution is -0.122. The summed E-state index contributed by atoms with van der Waals surface area (Å²) in [7, 11) is 3.08. The number of carbonyl (C=O) groups is 2. The third-order valence-electron chi connectivity index (χ3n) is 5.31. The average Bonchev–Trinajstić information content (AvgIpc) is 2.84. The minimum absolute atomic E-state index is 0.0756. The number of hydrogen-bond donors (Lipinski definition) is 1. The molecule has 3 aromatic carbocycles. The van der Waals surface area contributed by atoms with Crippen LogP contribution in [0.3, 0.4) is 0 Å². The summed E-state index contributed by atoms with van der Waals surface area (Å²) in [6.07, 6.45) is 0.962. The highest BCUT2D eigenvalue weighted by Crippen LogP contribution is 2.20. The fraction of sp³-hybridized carbons (Fsp3) is 0.259. The van der Waals surface area contributed by atoms with Crippen molar-refractivity contribution in [2.24, 2.45) is 0 Å². The van der Waals surface area contributed by atoms with Crippen molar-refractivity contribution in [3.8, 4) is 5.75 Å². The Hall–Kier alpha value is -3.71. The van der Waals surface area contributed by atoms with Gasteiger partial charge in [-0.15, -0.1) is 0 Å². The van der Waals surface area contributed by atoms with Crippen molar-refractivity contribution in [3.05, 3.63) is 95.3 Å². The molecule has 0 unspecified atom stereocenters. The van der Waals surface area contributed by atoms with E-state index in [9.17, 15) is 14.0 Å². The summed E-state index contributed by atoms with van der Waals surface area (Å²) in [4.78, 5) is 26.5. The lowest BCUT2D eigenvalue weighted by atomic mass is 10.1. The van der Waals surface area contributed by atoms with Gasteiger partial charge in [0.05, 0.1) is 20.1 Å². The Morgan fingerprint density at radius 1 is 0.912 bits per heavy atom. The summed E-state index contributed by atoms with van der Waals surface area (Å²) in [5, 5.41) is 2.93. The Morgan fingerprint density at radius 2 is 1.62 bits per heavy atom. The predicted molar refractivity (Wildman–Crippen MR) is 129 cm³/mol. The maximum absolute atomic E-state index is 13.6. The SMILES string of the molecule is COCC(=O)N(Cc1cccc(F)c1)c1ccc(CC(=O)NCCc2ccc(OC)cc2)cc1. The number of hydrogen-bond acceptors (Lipinski definition) is 4. The number of rotatable bonds is 11. The lowest BCUT2D eigenvalue weighted by Crippen LogP contribution is -2.33. The van der Waals surface area contributed by atoms with Gasteiger partial charge in [-0.2, -0.15) is 0 Å². The number of ether oxygens (including phenoxy) is 2. The van der Waals surface area contributed by atoms with E-state index in [-0.39, 0.29) is 37.2 Å². The molecule has 0 aliphatic carbocycles. The summed E-state index contributed by atoms with van der Waals surface area (Å²) >= 11 is 0. The third kappa shape index (κ3) is 7.42. The van der Waals surface area contributed by atoms with Crippen LogP contribution in [-0.2, 0) is 33.7 Å². The fourth-order valence-corrected chi connectivity index (χ4v) is 3.52. The summed E-state index contributed by atoms with van der Waals surface area (Å²) in [5.41, 5.74) is 3.26. The second-order valence-electron chi connectivity index (χ2n) is 7.83. The molecule has 0 saturated heterocycles. The smallest absolute Gasteiger partial charge is 0.253 e. The molecule has 178 valence electrons. The van der Waals surface area contributed by atoms with Crippen LogP contribution in [0, 0.1) is 5.82 Å². The van der Waals surface area contributed by atoms with Gasteiger partial charge in [-0.3, -0.25) is 9.59 Å². The van der Waals surface area contributed by atoms with Crippen LogP contribution >= 0.6 is 0 Å². The second kappa shape index (κ2) is 12.5. The number of anilines is 1. The van der Waals surface area contributed by atoms with Crippen LogP contribution in [0.4, 0.5) is 10.1 Å². The average molecular weight is 465 g/mol. The highest BCUT2D eigenvalue weighted by molar-refractivity contribution is 5.94. The van der Waals surface area contributed by atoms with E-state index in [1.54, 1.807) is 31.4 Å². The van der Waals surface area contributed by atoms with Crippen LogP contribution in [0.2, 0.25) is 0 Å². The minimum Gasteiger partial charge on any atom is -0.497 e. The van der Waals surface area contributed by atoms with E-state index in [2.05, 4.69) is 5.32 Å². The molecule has 0 radical (unpaired) electrons. The topological polar surface area (TPSA) is 67.9 Å². The molecule has 1 N–H and O–H groups in total. The van der Waals surface area contributed by atoms with E-state index in [0.29, 0.717) is 17.8 Å². The molecule has 3 aromatic rings. The van der Waals surface area contributed by atoms with E-state index in [1.165, 1.54) is 24.1 Å². The molecule has 0 aliphatic rings. The first-order valence-electron chi connectivity index (χ1n) is 11.0. The molecule has 34 heavy (non-hydrogen) atoms. The zero-order valence-electron chi connectivity index (χ0n) is 19.4. The van der Waals surface area contributed by atoms with Crippen LogP contribution < -0.4 is 15.0 Å². The van der Waals surface area contributed by atoms with E-state index in [1.807, 2.05) is 36.4 Å². The number of nitrogens with one attached hydrogen (secondary N) is 1. The molecule has 0 heterocycles. The minimum atomic E-state index is -0.356. The summed E-state index contributed by atoms with van der Waals surface area (Å²) in [6.45, 7) is 0.662. The third-order valence-corrected chi connectivity index (χ3v) is 5.31. The molecule has 3 rings (SSSR count). The fourth-order valence-electron chi connectivity index (χ4n) is 3.52. The standard InChI is InChI=1S/C27H29FN2O4/c1-33-19-27(32)30(18-22-4-3-5-23(28)16-22)24-10-6-21(7-11-24)17-26(31)29-15-14-20-8-12-25(34-2)13-9-20/h3-13,16H,14-15,17-19H2,1-2H3,(H,29,31). The first-order chi connectivity index (χ1) is 16.5. The highest BCUT2D eigenvalue weighted by Gasteiger charge is 2.17. The molecule has 0 fully saturated rings. The van der Waals surface area contributed by atoms with Gasteiger partial charge < -0.3 is 19.7 Å². The largest absolute Gasteiger partial charge is 0.497 e. The van der Waals surface area contributed by atoms with E-state index < -0.39 is 0 Å². The molecular formula is C27H29FN2O4. The maximum atomic E-state index is 13.6. The number of nitrogens with zero attached hydrogens (tertiary/aromatic N) is 1. The van der Waals surface area contributed by atoms with Gasteiger partial charge in [0.1, 0.15) is 18.2 Å². The van der Waals surface area contributed by atoms with Crippen molar-refractivity contribution in [2.75, 3.05) is 32.3 Å². The van der Waals surface area contributed by atoms with Gasteiger partial charge in [0.15, 0.2) is 0 Å². The summed E-state index contributed by atoms with van der Waals surface area (Å²) in [5.74, 6) is 0.128. The van der Waals surface area contributed by atoms with Crippen LogP contribution in [0.1, 0.15) is 16.7 Å². The Labute approximate surface area is 199 Å². The highest BCUT2D eigenvalue weighted by atomic mass is 19.1. The molecule has 0 spiro atoms. The number of halogens is 1. The molecule has 6 nitrogen and oxygen atoms in total. The van der Waals surface area contributed by atoms with Gasteiger partial charge in [-0.25, -0.2) is 4.39 Å². The molecule has 0 saturated carbocycles. The second-order valence-corrected chi connectivity index (χ2v) is 7.83. The van der Waals surface area contributed by atoms with E-state index in [4.69, 9.17) is 9.47 Å². The van der Waals surface area contributed by atoms with Crippen molar-refractivity contribution in [3.63, 3.8) is 0 Å². The molecule has 0 aliphatic heterocycles. The van der Waals surface area contributed by atoms with Crippen LogP contribution in [0.15, 0.2) is 72.8 Å². The van der Waals surface area contributed by atoms with Crippen molar-refractivity contribution >= 4 is 17.5 Å². The summed E-state index contributed by atoms with van der Waals surface area (Å²) in [6, 6.07) is 21.1. The Bertz CT molecular complexity index is 1080. The lowest BCUT2D eigenvalue weighted by Gasteiger charge is -2.23. The number of carbonyl (C=O) groups excluding carboxylic acids is 2. The Morgan fingerprint density at radius 3 is 2.26 bits per heavy atom.